The molecular weight excluding hydrogens is 306 g/mol. The van der Waals surface area contributed by atoms with E-state index < -0.39 is 0 Å². The summed E-state index contributed by atoms with van der Waals surface area (Å²) >= 11 is 0. The summed E-state index contributed by atoms with van der Waals surface area (Å²) in [6.07, 6.45) is 3.34. The Balaban J connectivity index is 1.45. The second-order valence-electron chi connectivity index (χ2n) is 5.51. The lowest BCUT2D eigenvalue weighted by Crippen LogP contribution is -2.23. The van der Waals surface area contributed by atoms with Crippen LogP contribution in [0.5, 0.6) is 0 Å². The summed E-state index contributed by atoms with van der Waals surface area (Å²) in [7, 11) is 1.95. The van der Waals surface area contributed by atoms with Crippen molar-refractivity contribution < 1.29 is 9.21 Å². The van der Waals surface area contributed by atoms with Gasteiger partial charge in [0.25, 0.3) is 5.91 Å². The van der Waals surface area contributed by atoms with Crippen molar-refractivity contribution in [3.8, 4) is 11.5 Å². The lowest BCUT2D eigenvalue weighted by Gasteiger charge is -2.04. The number of nitrogens with zero attached hydrogens (tertiary/aromatic N) is 3. The van der Waals surface area contributed by atoms with Gasteiger partial charge in [-0.3, -0.25) is 9.89 Å². The Morgan fingerprint density at radius 2 is 2.25 bits per heavy atom. The number of imidazole rings is 1. The van der Waals surface area contributed by atoms with Gasteiger partial charge in [0.1, 0.15) is 5.69 Å². The molecule has 24 heavy (non-hydrogen) atoms. The maximum Gasteiger partial charge on any atom is 0.272 e. The third-order valence-corrected chi connectivity index (χ3v) is 3.84. The number of aromatic amines is 1. The van der Waals surface area contributed by atoms with Crippen LogP contribution in [0.3, 0.4) is 0 Å². The lowest BCUT2D eigenvalue weighted by atomic mass is 10.2. The van der Waals surface area contributed by atoms with Gasteiger partial charge >= 0.3 is 0 Å². The predicted octanol–water partition coefficient (Wildman–Crippen LogP) is 2.49. The Labute approximate surface area is 137 Å². The van der Waals surface area contributed by atoms with Crippen molar-refractivity contribution in [3.63, 3.8) is 0 Å². The zero-order chi connectivity index (χ0) is 16.5. The van der Waals surface area contributed by atoms with Crippen molar-refractivity contribution in [3.05, 3.63) is 60.2 Å². The van der Waals surface area contributed by atoms with E-state index in [9.17, 15) is 4.79 Å². The van der Waals surface area contributed by atoms with Crippen LogP contribution < -0.4 is 5.32 Å². The van der Waals surface area contributed by atoms with Gasteiger partial charge in [0, 0.05) is 19.7 Å². The number of rotatable bonds is 4. The number of amides is 1. The lowest BCUT2D eigenvalue weighted by molar-refractivity contribution is 0.0946. The van der Waals surface area contributed by atoms with E-state index in [0.29, 0.717) is 23.7 Å². The number of nitrogens with one attached hydrogen (secondary N) is 2. The fourth-order valence-corrected chi connectivity index (χ4v) is 2.56. The predicted molar refractivity (Wildman–Crippen MR) is 88.2 cm³/mol. The van der Waals surface area contributed by atoms with E-state index in [2.05, 4.69) is 20.5 Å². The fraction of sp³-hybridized carbons (Fsp3) is 0.118. The van der Waals surface area contributed by atoms with Gasteiger partial charge in [0.15, 0.2) is 11.5 Å². The number of carbonyl (C=O) groups is 1. The third kappa shape index (κ3) is 2.56. The summed E-state index contributed by atoms with van der Waals surface area (Å²) in [5.41, 5.74) is 3.93. The van der Waals surface area contributed by atoms with E-state index in [1.54, 1.807) is 30.8 Å². The van der Waals surface area contributed by atoms with E-state index in [1.807, 2.05) is 29.8 Å². The molecule has 0 atom stereocenters. The monoisotopic (exact) mass is 321 g/mol. The van der Waals surface area contributed by atoms with Crippen LogP contribution in [0.15, 0.2) is 53.4 Å². The third-order valence-electron chi connectivity index (χ3n) is 3.84. The van der Waals surface area contributed by atoms with Gasteiger partial charge in [-0.25, -0.2) is 4.98 Å². The van der Waals surface area contributed by atoms with E-state index in [-0.39, 0.29) is 5.91 Å². The Morgan fingerprint density at radius 3 is 3.08 bits per heavy atom. The van der Waals surface area contributed by atoms with Gasteiger partial charge in [0.05, 0.1) is 23.6 Å². The second-order valence-corrected chi connectivity index (χ2v) is 5.51. The molecule has 120 valence electrons. The topological polar surface area (TPSA) is 88.7 Å². The molecule has 0 unspecified atom stereocenters. The van der Waals surface area contributed by atoms with E-state index in [4.69, 9.17) is 4.42 Å². The highest BCUT2D eigenvalue weighted by molar-refractivity contribution is 5.93. The zero-order valence-electron chi connectivity index (χ0n) is 13.0. The highest BCUT2D eigenvalue weighted by Crippen LogP contribution is 2.18. The minimum absolute atomic E-state index is 0.245. The number of aromatic nitrogens is 4. The molecule has 7 nitrogen and oxygen atoms in total. The summed E-state index contributed by atoms with van der Waals surface area (Å²) in [5.74, 6) is 0.396. The van der Waals surface area contributed by atoms with Gasteiger partial charge in [0.2, 0.25) is 0 Å². The van der Waals surface area contributed by atoms with Crippen LogP contribution in [0.25, 0.3) is 22.5 Å². The highest BCUT2D eigenvalue weighted by Gasteiger charge is 2.12. The van der Waals surface area contributed by atoms with Gasteiger partial charge in [-0.1, -0.05) is 6.07 Å². The van der Waals surface area contributed by atoms with Crippen molar-refractivity contribution in [1.29, 1.82) is 0 Å². The first kappa shape index (κ1) is 14.3. The molecule has 0 radical (unpaired) electrons. The average Bonchev–Trinajstić information content (AvgIpc) is 3.33. The van der Waals surface area contributed by atoms with Crippen molar-refractivity contribution in [2.24, 2.45) is 7.05 Å². The van der Waals surface area contributed by atoms with Gasteiger partial charge in [-0.2, -0.15) is 5.10 Å². The van der Waals surface area contributed by atoms with Crippen molar-refractivity contribution in [2.75, 3.05) is 0 Å². The standard InChI is InChI=1S/C17H15N5O2/c1-22-10-19-12-7-11(4-5-15(12)22)9-18-17(23)14-8-13(20-21-14)16-3-2-6-24-16/h2-8,10H,9H2,1H3,(H,18,23)(H,20,21). The molecule has 0 aliphatic heterocycles. The number of carbonyl (C=O) groups excluding carboxylic acids is 1. The first-order valence-corrected chi connectivity index (χ1v) is 7.48. The largest absolute Gasteiger partial charge is 0.463 e. The summed E-state index contributed by atoms with van der Waals surface area (Å²) < 4.78 is 7.23. The molecule has 1 aromatic carbocycles. The van der Waals surface area contributed by atoms with Crippen LogP contribution in [0.4, 0.5) is 0 Å². The highest BCUT2D eigenvalue weighted by atomic mass is 16.3. The first-order valence-electron chi connectivity index (χ1n) is 7.48. The molecule has 0 aliphatic rings. The number of furan rings is 1. The maximum absolute atomic E-state index is 12.2. The fourth-order valence-electron chi connectivity index (χ4n) is 2.56. The molecule has 4 aromatic rings. The summed E-state index contributed by atoms with van der Waals surface area (Å²) in [6, 6.07) is 11.2. The van der Waals surface area contributed by atoms with E-state index in [0.717, 1.165) is 16.6 Å². The molecule has 0 saturated carbocycles. The van der Waals surface area contributed by atoms with Gasteiger partial charge < -0.3 is 14.3 Å². The molecule has 3 aromatic heterocycles. The van der Waals surface area contributed by atoms with Crippen molar-refractivity contribution in [2.45, 2.75) is 6.54 Å². The molecule has 4 rings (SSSR count). The maximum atomic E-state index is 12.2. The molecule has 0 fully saturated rings. The van der Waals surface area contributed by atoms with Crippen LogP contribution in [0.2, 0.25) is 0 Å². The molecule has 0 aliphatic carbocycles. The average molecular weight is 321 g/mol. The Morgan fingerprint density at radius 1 is 1.33 bits per heavy atom. The minimum Gasteiger partial charge on any atom is -0.463 e. The van der Waals surface area contributed by atoms with Crippen molar-refractivity contribution >= 4 is 16.9 Å². The van der Waals surface area contributed by atoms with Crippen LogP contribution in [0.1, 0.15) is 16.1 Å². The Bertz CT molecular complexity index is 997. The molecule has 0 bridgehead atoms. The normalized spacial score (nSPS) is 11.0. The summed E-state index contributed by atoms with van der Waals surface area (Å²) in [6.45, 7) is 0.411. The smallest absolute Gasteiger partial charge is 0.272 e. The number of fused-ring (bicyclic) bond motifs is 1. The summed E-state index contributed by atoms with van der Waals surface area (Å²) in [4.78, 5) is 16.5. The van der Waals surface area contributed by atoms with Gasteiger partial charge in [-0.05, 0) is 29.8 Å². The molecule has 0 saturated heterocycles. The first-order chi connectivity index (χ1) is 11.7. The molecule has 1 amide bonds. The summed E-state index contributed by atoms with van der Waals surface area (Å²) in [5, 5.41) is 9.68. The molecular formula is C17H15N5O2. The van der Waals surface area contributed by atoms with E-state index in [1.165, 1.54) is 0 Å². The molecule has 2 N–H and O–H groups in total. The van der Waals surface area contributed by atoms with Gasteiger partial charge in [-0.15, -0.1) is 0 Å². The second kappa shape index (κ2) is 5.69. The zero-order valence-corrected chi connectivity index (χ0v) is 13.0. The van der Waals surface area contributed by atoms with Crippen LogP contribution >= 0.6 is 0 Å². The number of benzene rings is 1. The van der Waals surface area contributed by atoms with Crippen molar-refractivity contribution in [1.82, 2.24) is 25.1 Å². The minimum atomic E-state index is -0.245. The molecule has 0 spiro atoms. The Hall–Kier alpha value is -3.35. The number of aryl methyl sites for hydroxylation is 1. The van der Waals surface area contributed by atoms with Crippen LogP contribution in [-0.2, 0) is 13.6 Å². The number of hydrogen-bond acceptors (Lipinski definition) is 4. The van der Waals surface area contributed by atoms with Crippen LogP contribution in [0, 0.1) is 0 Å². The Kier molecular flexibility index (Phi) is 3.38. The van der Waals surface area contributed by atoms with E-state index >= 15 is 0 Å². The SMILES string of the molecule is Cn1cnc2cc(CNC(=O)c3cc(-c4ccco4)[nH]n3)ccc21. The number of H-pyrrole nitrogens is 1. The van der Waals surface area contributed by atoms with Crippen LogP contribution in [-0.4, -0.2) is 25.7 Å². The number of hydrogen-bond donors (Lipinski definition) is 2. The molecule has 3 heterocycles. The quantitative estimate of drug-likeness (QED) is 0.604. The molecule has 7 heteroatoms.